The van der Waals surface area contributed by atoms with Crippen molar-refractivity contribution in [3.63, 3.8) is 0 Å². The average Bonchev–Trinajstić information content (AvgIpc) is 1.98. The minimum Gasteiger partial charge on any atom is -0.450 e. The van der Waals surface area contributed by atoms with Gasteiger partial charge >= 0.3 is 5.97 Å². The largest absolute Gasteiger partial charge is 0.450 e. The third-order valence-corrected chi connectivity index (χ3v) is 0.906. The number of carbonyl (C=O) groups is 2. The van der Waals surface area contributed by atoms with Crippen molar-refractivity contribution in [1.82, 2.24) is 0 Å². The molecule has 0 spiro atoms. The summed E-state index contributed by atoms with van der Waals surface area (Å²) in [6.45, 7) is 0.852. The number of aliphatic hydroxyl groups excluding tert-OH is 1. The van der Waals surface area contributed by atoms with Crippen LogP contribution in [0.3, 0.4) is 0 Å². The van der Waals surface area contributed by atoms with Crippen LogP contribution in [0.25, 0.3) is 0 Å². The van der Waals surface area contributed by atoms with Crippen LogP contribution in [0, 0.1) is 12.3 Å². The lowest BCUT2D eigenvalue weighted by atomic mass is 10.3. The molecule has 0 rings (SSSR count). The van der Waals surface area contributed by atoms with Gasteiger partial charge in [0.25, 0.3) is 0 Å². The van der Waals surface area contributed by atoms with Gasteiger partial charge in [-0.2, -0.15) is 0 Å². The average molecular weight is 156 g/mol. The van der Waals surface area contributed by atoms with Crippen molar-refractivity contribution < 1.29 is 19.4 Å². The van der Waals surface area contributed by atoms with Crippen LogP contribution < -0.4 is 0 Å². The number of ether oxygens (including phenoxy) is 1. The van der Waals surface area contributed by atoms with Gasteiger partial charge in [0.1, 0.15) is 0 Å². The van der Waals surface area contributed by atoms with E-state index >= 15 is 0 Å². The highest BCUT2D eigenvalue weighted by molar-refractivity contribution is 6.00. The van der Waals surface area contributed by atoms with E-state index in [4.69, 9.17) is 11.5 Å². The highest BCUT2D eigenvalue weighted by Crippen LogP contribution is 1.89. The highest BCUT2D eigenvalue weighted by Gasteiger charge is 2.20. The van der Waals surface area contributed by atoms with Gasteiger partial charge in [-0.1, -0.05) is 5.92 Å². The third kappa shape index (κ3) is 3.38. The lowest BCUT2D eigenvalue weighted by Gasteiger charge is -2.03. The minimum atomic E-state index is -1.71. The molecular formula is C7H8O4. The summed E-state index contributed by atoms with van der Waals surface area (Å²) in [6.07, 6.45) is 3.05. The van der Waals surface area contributed by atoms with E-state index in [0.29, 0.717) is 0 Å². The van der Waals surface area contributed by atoms with Crippen LogP contribution in [-0.2, 0) is 14.3 Å². The van der Waals surface area contributed by atoms with Gasteiger partial charge in [-0.05, 0) is 6.92 Å². The van der Waals surface area contributed by atoms with Crippen molar-refractivity contribution in [2.24, 2.45) is 0 Å². The van der Waals surface area contributed by atoms with Gasteiger partial charge < -0.3 is 9.84 Å². The molecule has 0 heterocycles. The van der Waals surface area contributed by atoms with Crippen molar-refractivity contribution in [2.45, 2.75) is 13.0 Å². The van der Waals surface area contributed by atoms with E-state index in [1.807, 2.05) is 5.92 Å². The van der Waals surface area contributed by atoms with E-state index in [0.717, 1.165) is 6.92 Å². The molecule has 0 aliphatic rings. The second-order valence-corrected chi connectivity index (χ2v) is 1.83. The fourth-order valence-corrected chi connectivity index (χ4v) is 0.358. The molecule has 0 amide bonds. The van der Waals surface area contributed by atoms with Crippen molar-refractivity contribution >= 4 is 11.8 Å². The molecule has 0 saturated carbocycles. The van der Waals surface area contributed by atoms with Gasteiger partial charge in [0.05, 0.1) is 0 Å². The van der Waals surface area contributed by atoms with Gasteiger partial charge in [0, 0.05) is 0 Å². The highest BCUT2D eigenvalue weighted by atomic mass is 16.5. The topological polar surface area (TPSA) is 63.6 Å². The second kappa shape index (κ2) is 4.47. The Labute approximate surface area is 64.2 Å². The Morgan fingerprint density at radius 3 is 2.64 bits per heavy atom. The minimum absolute atomic E-state index is 0.233. The number of ketones is 1. The molecule has 1 atom stereocenters. The smallest absolute Gasteiger partial charge is 0.343 e. The second-order valence-electron chi connectivity index (χ2n) is 1.83. The summed E-state index contributed by atoms with van der Waals surface area (Å²) in [5.41, 5.74) is 0. The summed E-state index contributed by atoms with van der Waals surface area (Å²) >= 11 is 0. The van der Waals surface area contributed by atoms with Crippen molar-refractivity contribution in [2.75, 3.05) is 6.61 Å². The van der Waals surface area contributed by atoms with Gasteiger partial charge in [-0.15, -0.1) is 6.42 Å². The number of aliphatic hydroxyl groups is 1. The maximum atomic E-state index is 10.6. The van der Waals surface area contributed by atoms with Gasteiger partial charge in [0.15, 0.2) is 12.4 Å². The van der Waals surface area contributed by atoms with Crippen LogP contribution in [0.2, 0.25) is 0 Å². The number of rotatable bonds is 3. The molecular weight excluding hydrogens is 148 g/mol. The molecule has 4 heteroatoms. The van der Waals surface area contributed by atoms with E-state index in [1.165, 1.54) is 0 Å². The zero-order valence-electron chi connectivity index (χ0n) is 6.03. The maximum Gasteiger partial charge on any atom is 0.343 e. The van der Waals surface area contributed by atoms with E-state index in [9.17, 15) is 9.59 Å². The zero-order valence-corrected chi connectivity index (χ0v) is 6.03. The Hall–Kier alpha value is -1.34. The Morgan fingerprint density at radius 2 is 2.27 bits per heavy atom. The molecule has 0 aliphatic heterocycles. The number of terminal acetylenes is 1. The molecule has 11 heavy (non-hydrogen) atoms. The number of esters is 1. The fourth-order valence-electron chi connectivity index (χ4n) is 0.358. The van der Waals surface area contributed by atoms with Crippen LogP contribution in [0.4, 0.5) is 0 Å². The molecule has 1 N–H and O–H groups in total. The van der Waals surface area contributed by atoms with Crippen LogP contribution in [0.1, 0.15) is 6.92 Å². The first-order valence-electron chi connectivity index (χ1n) is 2.88. The first kappa shape index (κ1) is 9.66. The Morgan fingerprint density at radius 1 is 1.73 bits per heavy atom. The fraction of sp³-hybridized carbons (Fsp3) is 0.429. The van der Waals surface area contributed by atoms with Crippen LogP contribution in [-0.4, -0.2) is 29.6 Å². The molecule has 0 fully saturated rings. The maximum absolute atomic E-state index is 10.6. The SMILES string of the molecule is C#CCOC(=O)C(O)C(C)=O. The standard InChI is InChI=1S/C7H8O4/c1-3-4-11-7(10)6(9)5(2)8/h1,6,9H,4H2,2H3. The van der Waals surface area contributed by atoms with Crippen LogP contribution in [0.15, 0.2) is 0 Å². The first-order chi connectivity index (χ1) is 5.09. The molecule has 0 bridgehead atoms. The van der Waals surface area contributed by atoms with Gasteiger partial charge in [-0.25, -0.2) is 4.79 Å². The molecule has 0 radical (unpaired) electrons. The van der Waals surface area contributed by atoms with E-state index < -0.39 is 17.9 Å². The lowest BCUT2D eigenvalue weighted by Crippen LogP contribution is -2.29. The summed E-state index contributed by atoms with van der Waals surface area (Å²) in [6, 6.07) is 0. The Balaban J connectivity index is 3.85. The zero-order chi connectivity index (χ0) is 8.85. The summed E-state index contributed by atoms with van der Waals surface area (Å²) in [4.78, 5) is 20.9. The summed E-state index contributed by atoms with van der Waals surface area (Å²) < 4.78 is 4.27. The van der Waals surface area contributed by atoms with Crippen LogP contribution in [0.5, 0.6) is 0 Å². The molecule has 60 valence electrons. The molecule has 0 aliphatic carbocycles. The number of hydrogen-bond acceptors (Lipinski definition) is 4. The summed E-state index contributed by atoms with van der Waals surface area (Å²) in [5.74, 6) is 0.363. The number of carbonyl (C=O) groups excluding carboxylic acids is 2. The van der Waals surface area contributed by atoms with Crippen molar-refractivity contribution in [3.8, 4) is 12.3 Å². The van der Waals surface area contributed by atoms with Crippen molar-refractivity contribution in [1.29, 1.82) is 0 Å². The monoisotopic (exact) mass is 156 g/mol. The summed E-state index contributed by atoms with van der Waals surface area (Å²) in [7, 11) is 0. The lowest BCUT2D eigenvalue weighted by molar-refractivity contribution is -0.155. The predicted molar refractivity (Wildman–Crippen MR) is 36.5 cm³/mol. The van der Waals surface area contributed by atoms with Crippen molar-refractivity contribution in [3.05, 3.63) is 0 Å². The third-order valence-electron chi connectivity index (χ3n) is 0.906. The summed E-state index contributed by atoms with van der Waals surface area (Å²) in [5, 5.41) is 8.73. The van der Waals surface area contributed by atoms with E-state index in [1.54, 1.807) is 0 Å². The van der Waals surface area contributed by atoms with E-state index in [2.05, 4.69) is 4.74 Å². The van der Waals surface area contributed by atoms with Crippen LogP contribution >= 0.6 is 0 Å². The van der Waals surface area contributed by atoms with Gasteiger partial charge in [-0.3, -0.25) is 4.79 Å². The Kier molecular flexibility index (Phi) is 3.93. The van der Waals surface area contributed by atoms with Gasteiger partial charge in [0.2, 0.25) is 6.10 Å². The Bertz CT molecular complexity index is 201. The molecule has 0 saturated heterocycles. The molecule has 1 unspecified atom stereocenters. The normalized spacial score (nSPS) is 11.4. The molecule has 0 aromatic carbocycles. The van der Waals surface area contributed by atoms with E-state index in [-0.39, 0.29) is 6.61 Å². The number of hydrogen-bond donors (Lipinski definition) is 1. The molecule has 0 aromatic heterocycles. The predicted octanol–water partition coefficient (Wildman–Crippen LogP) is -0.887. The number of Topliss-reactive ketones (excluding diaryl/α,β-unsaturated/α-hetero) is 1. The quantitative estimate of drug-likeness (QED) is 0.327. The molecule has 4 nitrogen and oxygen atoms in total. The molecule has 0 aromatic rings. The first-order valence-corrected chi connectivity index (χ1v) is 2.88.